The molecule has 148 valence electrons. The highest BCUT2D eigenvalue weighted by Crippen LogP contribution is 2.54. The van der Waals surface area contributed by atoms with E-state index in [0.717, 1.165) is 5.57 Å². The predicted octanol–water partition coefficient (Wildman–Crippen LogP) is 1.49. The Balaban J connectivity index is 1.70. The minimum atomic E-state index is -0.603. The molecule has 0 aromatic carbocycles. The van der Waals surface area contributed by atoms with Crippen LogP contribution in [-0.4, -0.2) is 28.5 Å². The Bertz CT molecular complexity index is 1080. The third kappa shape index (κ3) is 2.47. The van der Waals surface area contributed by atoms with Crippen molar-refractivity contribution in [3.05, 3.63) is 58.1 Å². The second-order valence-corrected chi connectivity index (χ2v) is 8.04. The van der Waals surface area contributed by atoms with Crippen LogP contribution in [0.4, 0.5) is 0 Å². The standard InChI is InChI=1S/C22H19NO6/c1-9-6-15(25)14-7-13-11(3-4-12-17(13)22(28)23-21(12)27)18(19(14)20(9)26)16-5-2-10(8-24)29-16/h2-3,5-6,12-13,17-18,24H,4,7-8H2,1H3,(H,23,27,28)/t12-,13+,17-,18+/m0/s1. The number of hydrogen-bond donors (Lipinski definition) is 2. The van der Waals surface area contributed by atoms with Crippen molar-refractivity contribution in [1.29, 1.82) is 0 Å². The lowest BCUT2D eigenvalue weighted by Gasteiger charge is -2.41. The number of hydrogen-bond acceptors (Lipinski definition) is 6. The molecule has 0 spiro atoms. The first-order chi connectivity index (χ1) is 13.9. The zero-order valence-electron chi connectivity index (χ0n) is 15.7. The van der Waals surface area contributed by atoms with Gasteiger partial charge in [-0.05, 0) is 43.9 Å². The van der Waals surface area contributed by atoms with Crippen molar-refractivity contribution in [2.24, 2.45) is 17.8 Å². The molecule has 7 heteroatoms. The molecule has 5 rings (SSSR count). The van der Waals surface area contributed by atoms with Crippen LogP contribution in [0.25, 0.3) is 0 Å². The van der Waals surface area contributed by atoms with E-state index in [4.69, 9.17) is 4.42 Å². The number of nitrogens with one attached hydrogen (secondary N) is 1. The maximum absolute atomic E-state index is 13.1. The quantitative estimate of drug-likeness (QED) is 0.447. The van der Waals surface area contributed by atoms with E-state index in [1.807, 2.05) is 6.08 Å². The van der Waals surface area contributed by atoms with E-state index in [-0.39, 0.29) is 42.3 Å². The Labute approximate surface area is 166 Å². The number of furan rings is 1. The molecule has 2 heterocycles. The average Bonchev–Trinajstić information content (AvgIpc) is 3.29. The maximum Gasteiger partial charge on any atom is 0.231 e. The van der Waals surface area contributed by atoms with Crippen LogP contribution in [0.15, 0.2) is 51.0 Å². The summed E-state index contributed by atoms with van der Waals surface area (Å²) in [6, 6.07) is 3.33. The molecule has 1 aromatic rings. The van der Waals surface area contributed by atoms with Gasteiger partial charge in [-0.2, -0.15) is 0 Å². The van der Waals surface area contributed by atoms with Gasteiger partial charge in [0.15, 0.2) is 11.6 Å². The fourth-order valence-corrected chi connectivity index (χ4v) is 5.23. The normalized spacial score (nSPS) is 31.1. The third-order valence-electron chi connectivity index (χ3n) is 6.53. The van der Waals surface area contributed by atoms with E-state index in [0.29, 0.717) is 34.7 Å². The first kappa shape index (κ1) is 18.0. The maximum atomic E-state index is 13.1. The number of aliphatic hydroxyl groups is 1. The van der Waals surface area contributed by atoms with E-state index in [1.165, 1.54) is 6.08 Å². The van der Waals surface area contributed by atoms with Crippen LogP contribution in [0, 0.1) is 17.8 Å². The molecule has 7 nitrogen and oxygen atoms in total. The number of aliphatic hydroxyl groups excluding tert-OH is 1. The van der Waals surface area contributed by atoms with Crippen LogP contribution in [-0.2, 0) is 25.8 Å². The van der Waals surface area contributed by atoms with Gasteiger partial charge in [0.1, 0.15) is 18.1 Å². The Morgan fingerprint density at radius 3 is 2.66 bits per heavy atom. The molecule has 1 fully saturated rings. The fraction of sp³-hybridized carbons (Fsp3) is 0.364. The number of carbonyl (C=O) groups excluding carboxylic acids is 4. The molecule has 2 amide bonds. The van der Waals surface area contributed by atoms with Crippen LogP contribution in [0.3, 0.4) is 0 Å². The Kier molecular flexibility index (Phi) is 3.86. The molecule has 0 saturated carbocycles. The van der Waals surface area contributed by atoms with Gasteiger partial charge < -0.3 is 9.52 Å². The largest absolute Gasteiger partial charge is 0.463 e. The van der Waals surface area contributed by atoms with Gasteiger partial charge in [0.25, 0.3) is 0 Å². The molecular formula is C22H19NO6. The minimum Gasteiger partial charge on any atom is -0.463 e. The monoisotopic (exact) mass is 393 g/mol. The molecule has 1 aliphatic heterocycles. The lowest BCUT2D eigenvalue weighted by atomic mass is 9.60. The summed E-state index contributed by atoms with van der Waals surface area (Å²) >= 11 is 0. The third-order valence-corrected chi connectivity index (χ3v) is 6.53. The van der Waals surface area contributed by atoms with E-state index < -0.39 is 17.8 Å². The van der Waals surface area contributed by atoms with Gasteiger partial charge in [0.05, 0.1) is 17.8 Å². The number of imide groups is 1. The van der Waals surface area contributed by atoms with E-state index >= 15 is 0 Å². The van der Waals surface area contributed by atoms with Crippen molar-refractivity contribution in [1.82, 2.24) is 5.32 Å². The molecule has 1 saturated heterocycles. The summed E-state index contributed by atoms with van der Waals surface area (Å²) in [5.41, 5.74) is 1.99. The summed E-state index contributed by atoms with van der Waals surface area (Å²) in [7, 11) is 0. The molecular weight excluding hydrogens is 374 g/mol. The molecule has 0 bridgehead atoms. The number of Topliss-reactive ketones (excluding diaryl/α,β-unsaturated/α-hetero) is 1. The summed E-state index contributed by atoms with van der Waals surface area (Å²) < 4.78 is 5.77. The van der Waals surface area contributed by atoms with Crippen molar-refractivity contribution < 1.29 is 28.7 Å². The lowest BCUT2D eigenvalue weighted by molar-refractivity contribution is -0.126. The van der Waals surface area contributed by atoms with Crippen LogP contribution in [0.2, 0.25) is 0 Å². The van der Waals surface area contributed by atoms with Crippen LogP contribution in [0.5, 0.6) is 0 Å². The molecule has 0 unspecified atom stereocenters. The molecule has 1 aromatic heterocycles. The van der Waals surface area contributed by atoms with Gasteiger partial charge in [0.2, 0.25) is 11.8 Å². The summed E-state index contributed by atoms with van der Waals surface area (Å²) in [5.74, 6) is -2.20. The second-order valence-electron chi connectivity index (χ2n) is 8.04. The predicted molar refractivity (Wildman–Crippen MR) is 99.1 cm³/mol. The number of carbonyl (C=O) groups is 4. The summed E-state index contributed by atoms with van der Waals surface area (Å²) in [6.45, 7) is 1.33. The first-order valence-electron chi connectivity index (χ1n) is 9.65. The number of amides is 2. The lowest BCUT2D eigenvalue weighted by Crippen LogP contribution is -2.39. The number of rotatable bonds is 2. The van der Waals surface area contributed by atoms with Crippen molar-refractivity contribution in [2.45, 2.75) is 32.3 Å². The first-order valence-corrected chi connectivity index (χ1v) is 9.65. The minimum absolute atomic E-state index is 0.208. The average molecular weight is 393 g/mol. The van der Waals surface area contributed by atoms with E-state index in [1.54, 1.807) is 19.1 Å². The van der Waals surface area contributed by atoms with Crippen LogP contribution < -0.4 is 5.32 Å². The zero-order chi connectivity index (χ0) is 20.4. The topological polar surface area (TPSA) is 114 Å². The summed E-state index contributed by atoms with van der Waals surface area (Å²) in [6.07, 6.45) is 3.92. The SMILES string of the molecule is CC1=CC(=O)C2=C(C1=O)[C@@H](c1ccc(CO)o1)C1=CC[C@@H]3C(=O)NC(=O)[C@@H]3[C@@H]1C2. The molecule has 4 atom stereocenters. The Morgan fingerprint density at radius 1 is 1.14 bits per heavy atom. The highest BCUT2D eigenvalue weighted by atomic mass is 16.4. The number of ketones is 2. The van der Waals surface area contributed by atoms with Gasteiger partial charge in [-0.15, -0.1) is 0 Å². The van der Waals surface area contributed by atoms with E-state index in [2.05, 4.69) is 5.32 Å². The van der Waals surface area contributed by atoms with E-state index in [9.17, 15) is 24.3 Å². The van der Waals surface area contributed by atoms with Crippen molar-refractivity contribution >= 4 is 23.4 Å². The van der Waals surface area contributed by atoms with Gasteiger partial charge in [-0.3, -0.25) is 24.5 Å². The van der Waals surface area contributed by atoms with Crippen molar-refractivity contribution in [3.63, 3.8) is 0 Å². The molecule has 29 heavy (non-hydrogen) atoms. The Morgan fingerprint density at radius 2 is 1.93 bits per heavy atom. The van der Waals surface area contributed by atoms with Gasteiger partial charge >= 0.3 is 0 Å². The van der Waals surface area contributed by atoms with Crippen LogP contribution >= 0.6 is 0 Å². The summed E-state index contributed by atoms with van der Waals surface area (Å²) in [5, 5.41) is 11.8. The fourth-order valence-electron chi connectivity index (χ4n) is 5.23. The zero-order valence-corrected chi connectivity index (χ0v) is 15.7. The molecule has 2 N–H and O–H groups in total. The number of allylic oxidation sites excluding steroid dienone is 6. The van der Waals surface area contributed by atoms with Crippen molar-refractivity contribution in [3.8, 4) is 0 Å². The van der Waals surface area contributed by atoms with Crippen LogP contribution in [0.1, 0.15) is 37.2 Å². The van der Waals surface area contributed by atoms with Crippen molar-refractivity contribution in [2.75, 3.05) is 0 Å². The highest BCUT2D eigenvalue weighted by molar-refractivity contribution is 6.23. The van der Waals surface area contributed by atoms with Gasteiger partial charge in [-0.25, -0.2) is 0 Å². The molecule has 0 radical (unpaired) electrons. The second kappa shape index (κ2) is 6.22. The van der Waals surface area contributed by atoms with Gasteiger partial charge in [0, 0.05) is 16.7 Å². The number of fused-ring (bicyclic) bond motifs is 3. The summed E-state index contributed by atoms with van der Waals surface area (Å²) in [4.78, 5) is 50.6. The smallest absolute Gasteiger partial charge is 0.231 e. The van der Waals surface area contributed by atoms with Gasteiger partial charge in [-0.1, -0.05) is 11.6 Å². The molecule has 4 aliphatic rings. The molecule has 3 aliphatic carbocycles. The highest BCUT2D eigenvalue weighted by Gasteiger charge is 2.53. The Hall–Kier alpha value is -3.06.